The van der Waals surface area contributed by atoms with Gasteiger partial charge in [0.05, 0.1) is 18.2 Å². The summed E-state index contributed by atoms with van der Waals surface area (Å²) in [5.41, 5.74) is 4.46. The van der Waals surface area contributed by atoms with E-state index in [4.69, 9.17) is 5.26 Å². The molecule has 0 saturated heterocycles. The fraction of sp³-hybridized carbons (Fsp3) is 0.267. The minimum Gasteiger partial charge on any atom is -0.366 e. The highest BCUT2D eigenvalue weighted by Crippen LogP contribution is 2.21. The summed E-state index contributed by atoms with van der Waals surface area (Å²) in [6, 6.07) is 12.6. The van der Waals surface area contributed by atoms with E-state index in [9.17, 15) is 0 Å². The molecule has 2 heteroatoms. The van der Waals surface area contributed by atoms with Crippen LogP contribution in [0.4, 0.5) is 0 Å². The highest BCUT2D eigenvalue weighted by atomic mass is 15.1. The van der Waals surface area contributed by atoms with Gasteiger partial charge in [-0.1, -0.05) is 30.3 Å². The van der Waals surface area contributed by atoms with Crippen molar-refractivity contribution in [2.24, 2.45) is 0 Å². The number of hydrogen-bond donors (Lipinski definition) is 0. The van der Waals surface area contributed by atoms with Crippen LogP contribution < -0.4 is 0 Å². The SMILES string of the molecule is CC1=CC(C)=C(C#N)CN1Cc1ccccc1. The van der Waals surface area contributed by atoms with Crippen LogP contribution in [0.2, 0.25) is 0 Å². The Bertz CT molecular complexity index is 503. The molecule has 0 N–H and O–H groups in total. The first-order valence-corrected chi connectivity index (χ1v) is 5.77. The zero-order valence-electron chi connectivity index (χ0n) is 10.3. The number of hydrogen-bond acceptors (Lipinski definition) is 2. The van der Waals surface area contributed by atoms with Crippen molar-refractivity contribution < 1.29 is 0 Å². The zero-order chi connectivity index (χ0) is 12.3. The van der Waals surface area contributed by atoms with Crippen LogP contribution in [-0.2, 0) is 6.54 Å². The first kappa shape index (κ1) is 11.5. The first-order valence-electron chi connectivity index (χ1n) is 5.77. The van der Waals surface area contributed by atoms with Crippen LogP contribution in [0.25, 0.3) is 0 Å². The molecule has 0 atom stereocenters. The van der Waals surface area contributed by atoms with Gasteiger partial charge in [-0.05, 0) is 31.1 Å². The maximum atomic E-state index is 9.07. The van der Waals surface area contributed by atoms with Crippen LogP contribution >= 0.6 is 0 Å². The summed E-state index contributed by atoms with van der Waals surface area (Å²) in [5.74, 6) is 0. The monoisotopic (exact) mass is 224 g/mol. The molecular formula is C15H16N2. The molecule has 1 aliphatic rings. The Morgan fingerprint density at radius 3 is 2.59 bits per heavy atom. The lowest BCUT2D eigenvalue weighted by atomic mass is 10.0. The Morgan fingerprint density at radius 1 is 1.24 bits per heavy atom. The molecule has 1 aromatic carbocycles. The smallest absolute Gasteiger partial charge is 0.0968 e. The third-order valence-electron chi connectivity index (χ3n) is 3.10. The molecule has 17 heavy (non-hydrogen) atoms. The van der Waals surface area contributed by atoms with E-state index in [0.29, 0.717) is 0 Å². The molecule has 1 aliphatic heterocycles. The number of nitriles is 1. The molecule has 1 heterocycles. The summed E-state index contributed by atoms with van der Waals surface area (Å²) in [4.78, 5) is 2.24. The van der Waals surface area contributed by atoms with Crippen molar-refractivity contribution in [3.63, 3.8) is 0 Å². The average molecular weight is 224 g/mol. The minimum absolute atomic E-state index is 0.722. The third kappa shape index (κ3) is 2.57. The van der Waals surface area contributed by atoms with Gasteiger partial charge in [0.2, 0.25) is 0 Å². The molecule has 0 bridgehead atoms. The lowest BCUT2D eigenvalue weighted by Crippen LogP contribution is -2.26. The molecule has 0 fully saturated rings. The van der Waals surface area contributed by atoms with Gasteiger partial charge in [0, 0.05) is 12.2 Å². The van der Waals surface area contributed by atoms with E-state index in [0.717, 1.165) is 24.2 Å². The van der Waals surface area contributed by atoms with Crippen molar-refractivity contribution in [1.82, 2.24) is 4.90 Å². The van der Waals surface area contributed by atoms with Crippen LogP contribution in [-0.4, -0.2) is 11.4 Å². The molecule has 2 rings (SSSR count). The number of allylic oxidation sites excluding steroid dienone is 3. The quantitative estimate of drug-likeness (QED) is 0.771. The number of nitrogens with zero attached hydrogens (tertiary/aromatic N) is 2. The van der Waals surface area contributed by atoms with Crippen LogP contribution in [0, 0.1) is 11.3 Å². The normalized spacial score (nSPS) is 15.6. The lowest BCUT2D eigenvalue weighted by molar-refractivity contribution is 0.362. The topological polar surface area (TPSA) is 27.0 Å². The molecule has 1 aromatic rings. The summed E-state index contributed by atoms with van der Waals surface area (Å²) in [7, 11) is 0. The Balaban J connectivity index is 2.16. The van der Waals surface area contributed by atoms with E-state index < -0.39 is 0 Å². The van der Waals surface area contributed by atoms with Crippen LogP contribution in [0.1, 0.15) is 19.4 Å². The van der Waals surface area contributed by atoms with Crippen LogP contribution in [0.5, 0.6) is 0 Å². The van der Waals surface area contributed by atoms with Gasteiger partial charge in [-0.25, -0.2) is 0 Å². The van der Waals surface area contributed by atoms with Crippen molar-refractivity contribution in [1.29, 1.82) is 5.26 Å². The lowest BCUT2D eigenvalue weighted by Gasteiger charge is -2.29. The van der Waals surface area contributed by atoms with Gasteiger partial charge in [0.15, 0.2) is 0 Å². The van der Waals surface area contributed by atoms with Crippen LogP contribution in [0.3, 0.4) is 0 Å². The Labute approximate surface area is 102 Å². The predicted molar refractivity (Wildman–Crippen MR) is 68.9 cm³/mol. The standard InChI is InChI=1S/C15H16N2/c1-12-8-13(2)17(11-15(12)9-16)10-14-6-4-3-5-7-14/h3-8H,10-11H2,1-2H3. The molecule has 0 unspecified atom stereocenters. The second-order valence-electron chi connectivity index (χ2n) is 4.40. The molecule has 0 amide bonds. The van der Waals surface area contributed by atoms with E-state index in [1.54, 1.807) is 0 Å². The van der Waals surface area contributed by atoms with Crippen molar-refractivity contribution in [3.8, 4) is 6.07 Å². The molecular weight excluding hydrogens is 208 g/mol. The van der Waals surface area contributed by atoms with Crippen molar-refractivity contribution in [2.75, 3.05) is 6.54 Å². The van der Waals surface area contributed by atoms with Crippen LogP contribution in [0.15, 0.2) is 53.3 Å². The summed E-state index contributed by atoms with van der Waals surface area (Å²) in [6.07, 6.45) is 2.09. The van der Waals surface area contributed by atoms with E-state index in [1.165, 1.54) is 11.3 Å². The van der Waals surface area contributed by atoms with E-state index in [2.05, 4.69) is 36.1 Å². The highest BCUT2D eigenvalue weighted by molar-refractivity contribution is 5.39. The van der Waals surface area contributed by atoms with Gasteiger partial charge < -0.3 is 4.90 Å². The fourth-order valence-electron chi connectivity index (χ4n) is 2.04. The Hall–Kier alpha value is -2.01. The zero-order valence-corrected chi connectivity index (χ0v) is 10.3. The van der Waals surface area contributed by atoms with Gasteiger partial charge in [0.25, 0.3) is 0 Å². The summed E-state index contributed by atoms with van der Waals surface area (Å²) in [6.45, 7) is 5.68. The second kappa shape index (κ2) is 4.88. The highest BCUT2D eigenvalue weighted by Gasteiger charge is 2.15. The molecule has 0 radical (unpaired) electrons. The maximum absolute atomic E-state index is 9.07. The predicted octanol–water partition coefficient (Wildman–Crippen LogP) is 3.25. The second-order valence-corrected chi connectivity index (χ2v) is 4.40. The van der Waals surface area contributed by atoms with E-state index in [1.807, 2.05) is 25.1 Å². The number of benzene rings is 1. The van der Waals surface area contributed by atoms with Crippen molar-refractivity contribution in [2.45, 2.75) is 20.4 Å². The molecule has 0 spiro atoms. The van der Waals surface area contributed by atoms with Crippen molar-refractivity contribution in [3.05, 3.63) is 58.8 Å². The summed E-state index contributed by atoms with van der Waals surface area (Å²) < 4.78 is 0. The van der Waals surface area contributed by atoms with E-state index >= 15 is 0 Å². The summed E-state index contributed by atoms with van der Waals surface area (Å²) >= 11 is 0. The maximum Gasteiger partial charge on any atom is 0.0968 e. The minimum atomic E-state index is 0.722. The molecule has 0 saturated carbocycles. The van der Waals surface area contributed by atoms with Gasteiger partial charge in [-0.2, -0.15) is 5.26 Å². The third-order valence-corrected chi connectivity index (χ3v) is 3.10. The number of rotatable bonds is 2. The average Bonchev–Trinajstić information content (AvgIpc) is 2.34. The van der Waals surface area contributed by atoms with Gasteiger partial charge >= 0.3 is 0 Å². The largest absolute Gasteiger partial charge is 0.366 e. The fourth-order valence-corrected chi connectivity index (χ4v) is 2.04. The van der Waals surface area contributed by atoms with Gasteiger partial charge in [0.1, 0.15) is 0 Å². The first-order chi connectivity index (χ1) is 8.20. The Morgan fingerprint density at radius 2 is 1.94 bits per heavy atom. The molecule has 2 nitrogen and oxygen atoms in total. The van der Waals surface area contributed by atoms with E-state index in [-0.39, 0.29) is 0 Å². The molecule has 86 valence electrons. The van der Waals surface area contributed by atoms with Gasteiger partial charge in [-0.3, -0.25) is 0 Å². The van der Waals surface area contributed by atoms with Crippen molar-refractivity contribution >= 4 is 0 Å². The molecule has 0 aliphatic carbocycles. The Kier molecular flexibility index (Phi) is 3.30. The molecule has 0 aromatic heterocycles. The summed E-state index contributed by atoms with van der Waals surface area (Å²) in [5, 5.41) is 9.07. The van der Waals surface area contributed by atoms with Gasteiger partial charge in [-0.15, -0.1) is 0 Å².